The predicted octanol–water partition coefficient (Wildman–Crippen LogP) is 1.59. The average molecular weight is 242 g/mol. The van der Waals surface area contributed by atoms with Gasteiger partial charge in [0.15, 0.2) is 0 Å². The molecule has 0 saturated heterocycles. The van der Waals surface area contributed by atoms with Crippen molar-refractivity contribution in [1.82, 2.24) is 10.6 Å². The monoisotopic (exact) mass is 242 g/mol. The normalized spacial score (nSPS) is 18.2. The molecule has 0 heterocycles. The lowest BCUT2D eigenvalue weighted by Crippen LogP contribution is -2.49. The molecular formula is C12H22N2O3. The Bertz CT molecular complexity index is 277. The van der Waals surface area contributed by atoms with Crippen molar-refractivity contribution in [2.24, 2.45) is 11.8 Å². The highest BCUT2D eigenvalue weighted by Gasteiger charge is 2.25. The summed E-state index contributed by atoms with van der Waals surface area (Å²) in [5, 5.41) is 14.2. The van der Waals surface area contributed by atoms with E-state index in [0.29, 0.717) is 6.54 Å². The summed E-state index contributed by atoms with van der Waals surface area (Å²) in [4.78, 5) is 22.5. The summed E-state index contributed by atoms with van der Waals surface area (Å²) in [6.45, 7) is 4.36. The zero-order valence-electron chi connectivity index (χ0n) is 10.5. The Balaban J connectivity index is 2.26. The number of nitrogens with one attached hydrogen (secondary N) is 2. The van der Waals surface area contributed by atoms with Gasteiger partial charge in [0, 0.05) is 6.54 Å². The number of amides is 2. The third-order valence-electron chi connectivity index (χ3n) is 3.30. The predicted molar refractivity (Wildman–Crippen MR) is 64.8 cm³/mol. The highest BCUT2D eigenvalue weighted by molar-refractivity contribution is 5.82. The summed E-state index contributed by atoms with van der Waals surface area (Å²) < 4.78 is 0. The number of aliphatic carboxylic acids is 1. The van der Waals surface area contributed by atoms with Crippen molar-refractivity contribution in [1.29, 1.82) is 0 Å². The van der Waals surface area contributed by atoms with Crippen molar-refractivity contribution in [2.75, 3.05) is 6.54 Å². The summed E-state index contributed by atoms with van der Waals surface area (Å²) >= 11 is 0. The Hall–Kier alpha value is -1.26. The molecule has 5 nitrogen and oxygen atoms in total. The fourth-order valence-electron chi connectivity index (χ4n) is 1.67. The molecule has 5 heteroatoms. The minimum atomic E-state index is -0.975. The first-order valence-corrected chi connectivity index (χ1v) is 6.31. The zero-order chi connectivity index (χ0) is 12.8. The van der Waals surface area contributed by atoms with Crippen LogP contribution in [0, 0.1) is 11.8 Å². The van der Waals surface area contributed by atoms with Crippen LogP contribution in [0.15, 0.2) is 0 Å². The lowest BCUT2D eigenvalue weighted by molar-refractivity contribution is -0.140. The number of carboxylic acids is 1. The van der Waals surface area contributed by atoms with Gasteiger partial charge >= 0.3 is 12.0 Å². The van der Waals surface area contributed by atoms with Crippen molar-refractivity contribution in [3.8, 4) is 0 Å². The first-order valence-electron chi connectivity index (χ1n) is 6.31. The highest BCUT2D eigenvalue weighted by Crippen LogP contribution is 2.31. The van der Waals surface area contributed by atoms with Crippen LogP contribution in [-0.4, -0.2) is 29.7 Å². The molecule has 2 atom stereocenters. The Labute approximate surface area is 102 Å². The van der Waals surface area contributed by atoms with E-state index in [4.69, 9.17) is 5.11 Å². The number of carbonyl (C=O) groups excluding carboxylic acids is 1. The summed E-state index contributed by atoms with van der Waals surface area (Å²) in [6, 6.07) is -1.18. The van der Waals surface area contributed by atoms with E-state index in [0.717, 1.165) is 18.8 Å². The van der Waals surface area contributed by atoms with E-state index in [-0.39, 0.29) is 11.9 Å². The van der Waals surface area contributed by atoms with Crippen LogP contribution in [-0.2, 0) is 4.79 Å². The fourth-order valence-corrected chi connectivity index (χ4v) is 1.67. The lowest BCUT2D eigenvalue weighted by Gasteiger charge is -2.20. The van der Waals surface area contributed by atoms with Crippen LogP contribution in [0.25, 0.3) is 0 Å². The van der Waals surface area contributed by atoms with E-state index >= 15 is 0 Å². The Morgan fingerprint density at radius 1 is 1.41 bits per heavy atom. The molecule has 0 radical (unpaired) electrons. The zero-order valence-corrected chi connectivity index (χ0v) is 10.5. The first-order chi connectivity index (χ1) is 8.04. The van der Waals surface area contributed by atoms with Gasteiger partial charge in [-0.15, -0.1) is 0 Å². The van der Waals surface area contributed by atoms with Crippen LogP contribution in [0.3, 0.4) is 0 Å². The fraction of sp³-hybridized carbons (Fsp3) is 0.833. The average Bonchev–Trinajstić information content (AvgIpc) is 3.08. The smallest absolute Gasteiger partial charge is 0.326 e. The van der Waals surface area contributed by atoms with Crippen LogP contribution < -0.4 is 10.6 Å². The van der Waals surface area contributed by atoms with Crippen molar-refractivity contribution in [3.05, 3.63) is 0 Å². The van der Waals surface area contributed by atoms with Gasteiger partial charge in [-0.3, -0.25) is 0 Å². The summed E-state index contributed by atoms with van der Waals surface area (Å²) in [7, 11) is 0. The quantitative estimate of drug-likeness (QED) is 0.634. The number of urea groups is 1. The van der Waals surface area contributed by atoms with Gasteiger partial charge in [0.05, 0.1) is 0 Å². The van der Waals surface area contributed by atoms with Crippen molar-refractivity contribution < 1.29 is 14.7 Å². The minimum Gasteiger partial charge on any atom is -0.480 e. The van der Waals surface area contributed by atoms with Gasteiger partial charge in [-0.2, -0.15) is 0 Å². The molecule has 0 aromatic rings. The summed E-state index contributed by atoms with van der Waals surface area (Å²) in [5.74, 6) is -0.279. The highest BCUT2D eigenvalue weighted by atomic mass is 16.4. The molecule has 0 aromatic heterocycles. The van der Waals surface area contributed by atoms with Crippen molar-refractivity contribution in [2.45, 2.75) is 45.6 Å². The maximum absolute atomic E-state index is 11.5. The van der Waals surface area contributed by atoms with E-state index in [1.165, 1.54) is 12.8 Å². The third-order valence-corrected chi connectivity index (χ3v) is 3.30. The molecule has 1 saturated carbocycles. The van der Waals surface area contributed by atoms with E-state index in [2.05, 4.69) is 10.6 Å². The van der Waals surface area contributed by atoms with Crippen LogP contribution in [0.2, 0.25) is 0 Å². The second kappa shape index (κ2) is 6.47. The van der Waals surface area contributed by atoms with Gasteiger partial charge in [-0.1, -0.05) is 33.1 Å². The Morgan fingerprint density at radius 3 is 2.53 bits per heavy atom. The van der Waals surface area contributed by atoms with Crippen molar-refractivity contribution >= 4 is 12.0 Å². The van der Waals surface area contributed by atoms with Gasteiger partial charge in [-0.25, -0.2) is 9.59 Å². The minimum absolute atomic E-state index is 0.0679. The summed E-state index contributed by atoms with van der Waals surface area (Å²) in [6.07, 6.45) is 4.23. The number of carboxylic acid groups (broad SMARTS) is 1. The lowest BCUT2D eigenvalue weighted by atomic mass is 9.99. The largest absolute Gasteiger partial charge is 0.480 e. The number of carbonyl (C=O) groups is 2. The number of hydrogen-bond donors (Lipinski definition) is 3. The topological polar surface area (TPSA) is 78.4 Å². The summed E-state index contributed by atoms with van der Waals surface area (Å²) in [5.41, 5.74) is 0. The second-order valence-corrected chi connectivity index (χ2v) is 4.83. The molecule has 0 bridgehead atoms. The number of hydrogen-bond acceptors (Lipinski definition) is 2. The first kappa shape index (κ1) is 13.8. The molecule has 0 unspecified atom stereocenters. The molecule has 0 spiro atoms. The molecular weight excluding hydrogens is 220 g/mol. The van der Waals surface area contributed by atoms with E-state index < -0.39 is 12.0 Å². The molecule has 98 valence electrons. The van der Waals surface area contributed by atoms with Crippen molar-refractivity contribution in [3.63, 3.8) is 0 Å². The molecule has 1 aliphatic carbocycles. The van der Waals surface area contributed by atoms with Crippen LogP contribution >= 0.6 is 0 Å². The van der Waals surface area contributed by atoms with Gasteiger partial charge in [0.2, 0.25) is 0 Å². The van der Waals surface area contributed by atoms with E-state index in [1.807, 2.05) is 13.8 Å². The molecule has 1 fully saturated rings. The van der Waals surface area contributed by atoms with Gasteiger partial charge in [0.1, 0.15) is 6.04 Å². The van der Waals surface area contributed by atoms with E-state index in [1.54, 1.807) is 0 Å². The molecule has 2 amide bonds. The van der Waals surface area contributed by atoms with E-state index in [9.17, 15) is 9.59 Å². The molecule has 0 aromatic carbocycles. The molecule has 1 rings (SSSR count). The molecule has 0 aliphatic heterocycles. The van der Waals surface area contributed by atoms with Crippen LogP contribution in [0.5, 0.6) is 0 Å². The molecule has 3 N–H and O–H groups in total. The SMILES string of the molecule is CC[C@H](C)[C@H](NC(=O)NCCC1CC1)C(=O)O. The standard InChI is InChI=1S/C12H22N2O3/c1-3-8(2)10(11(15)16)14-12(17)13-7-6-9-4-5-9/h8-10H,3-7H2,1-2H3,(H,15,16)(H2,13,14,17)/t8-,10-/m0/s1. The Morgan fingerprint density at radius 2 is 2.06 bits per heavy atom. The molecule has 17 heavy (non-hydrogen) atoms. The van der Waals surface area contributed by atoms with Gasteiger partial charge < -0.3 is 15.7 Å². The second-order valence-electron chi connectivity index (χ2n) is 4.83. The Kier molecular flexibility index (Phi) is 5.25. The van der Waals surface area contributed by atoms with Gasteiger partial charge in [0.25, 0.3) is 0 Å². The third kappa shape index (κ3) is 5.06. The van der Waals surface area contributed by atoms with Crippen LogP contribution in [0.1, 0.15) is 39.5 Å². The van der Waals surface area contributed by atoms with Gasteiger partial charge in [-0.05, 0) is 18.3 Å². The maximum atomic E-state index is 11.5. The van der Waals surface area contributed by atoms with Crippen LogP contribution in [0.4, 0.5) is 4.79 Å². The number of rotatable bonds is 7. The maximum Gasteiger partial charge on any atom is 0.326 e. The molecule has 1 aliphatic rings.